The molecule has 0 saturated carbocycles. The number of halogens is 2. The van der Waals surface area contributed by atoms with E-state index in [1.807, 2.05) is 0 Å². The molecular formula is C18H30Cl2N4O4S. The monoisotopic (exact) mass is 468 g/mol. The number of esters is 1. The number of primary amides is 1. The third kappa shape index (κ3) is 6.82. The number of nitrogens with one attached hydrogen (secondary N) is 1. The smallest absolute Gasteiger partial charge is 0.341 e. The van der Waals surface area contributed by atoms with Crippen LogP contribution in [-0.4, -0.2) is 55.0 Å². The molecular weight excluding hydrogens is 439 g/mol. The molecule has 166 valence electrons. The van der Waals surface area contributed by atoms with Crippen LogP contribution < -0.4 is 16.8 Å². The van der Waals surface area contributed by atoms with Gasteiger partial charge in [0.05, 0.1) is 23.6 Å². The van der Waals surface area contributed by atoms with Gasteiger partial charge in [-0.15, -0.1) is 36.2 Å². The number of piperidine rings is 1. The Hall–Kier alpha value is -1.39. The van der Waals surface area contributed by atoms with Crippen LogP contribution in [0.25, 0.3) is 0 Å². The molecule has 8 nitrogen and oxygen atoms in total. The number of hydrogen-bond donors (Lipinski definition) is 3. The molecule has 5 N–H and O–H groups in total. The predicted octanol–water partition coefficient (Wildman–Crippen LogP) is 2.17. The minimum Gasteiger partial charge on any atom is -0.462 e. The first-order valence-electron chi connectivity index (χ1n) is 9.16. The normalized spacial score (nSPS) is 18.9. The molecule has 1 aromatic rings. The maximum absolute atomic E-state index is 12.5. The summed E-state index contributed by atoms with van der Waals surface area (Å²) in [5, 5.41) is 3.05. The van der Waals surface area contributed by atoms with E-state index >= 15 is 0 Å². The molecule has 1 saturated heterocycles. The Morgan fingerprint density at radius 1 is 1.28 bits per heavy atom. The Morgan fingerprint density at radius 2 is 1.93 bits per heavy atom. The first kappa shape index (κ1) is 27.6. The Bertz CT molecular complexity index is 729. The van der Waals surface area contributed by atoms with Crippen molar-refractivity contribution in [3.63, 3.8) is 0 Å². The third-order valence-corrected chi connectivity index (χ3v) is 6.09. The SMILES string of the molecule is CCOC(=O)c1c(NC(=O)CN2CCC(N)C(CC)C2)sc(C(N)=O)c1C.Cl.Cl. The van der Waals surface area contributed by atoms with Gasteiger partial charge >= 0.3 is 5.97 Å². The Labute approximate surface area is 187 Å². The summed E-state index contributed by atoms with van der Waals surface area (Å²) in [6.07, 6.45) is 1.82. The number of nitrogens with two attached hydrogens (primary N) is 2. The van der Waals surface area contributed by atoms with Gasteiger partial charge in [0.15, 0.2) is 0 Å². The largest absolute Gasteiger partial charge is 0.462 e. The van der Waals surface area contributed by atoms with E-state index in [2.05, 4.69) is 17.1 Å². The minimum atomic E-state index is -0.639. The topological polar surface area (TPSA) is 128 Å². The lowest BCUT2D eigenvalue weighted by molar-refractivity contribution is -0.117. The molecule has 0 aliphatic carbocycles. The molecule has 2 atom stereocenters. The van der Waals surface area contributed by atoms with Crippen molar-refractivity contribution in [2.45, 2.75) is 39.7 Å². The summed E-state index contributed by atoms with van der Waals surface area (Å²) in [5.41, 5.74) is 12.1. The number of amides is 2. The van der Waals surface area contributed by atoms with Crippen LogP contribution >= 0.6 is 36.2 Å². The third-order valence-electron chi connectivity index (χ3n) is 4.87. The fourth-order valence-electron chi connectivity index (χ4n) is 3.36. The highest BCUT2D eigenvalue weighted by molar-refractivity contribution is 7.18. The van der Waals surface area contributed by atoms with E-state index in [0.717, 1.165) is 37.3 Å². The summed E-state index contributed by atoms with van der Waals surface area (Å²) >= 11 is 0.998. The Kier molecular flexibility index (Phi) is 11.7. The van der Waals surface area contributed by atoms with Crippen molar-refractivity contribution in [1.82, 2.24) is 4.90 Å². The standard InChI is InChI=1S/C18H28N4O4S.2ClH/c1-4-11-8-22(7-6-12(11)19)9-13(23)21-17-14(18(25)26-5-2)10(3)15(27-17)16(20)24;;/h11-12H,4-9,19H2,1-3H3,(H2,20,24)(H,21,23);2*1H. The van der Waals surface area contributed by atoms with E-state index in [1.54, 1.807) is 13.8 Å². The van der Waals surface area contributed by atoms with Crippen LogP contribution in [0.1, 0.15) is 52.3 Å². The van der Waals surface area contributed by atoms with Gasteiger partial charge in [-0.05, 0) is 31.7 Å². The van der Waals surface area contributed by atoms with Gasteiger partial charge in [0, 0.05) is 19.1 Å². The second-order valence-corrected chi connectivity index (χ2v) is 7.77. The van der Waals surface area contributed by atoms with Crippen molar-refractivity contribution in [2.24, 2.45) is 17.4 Å². The number of carbonyl (C=O) groups excluding carboxylic acids is 3. The van der Waals surface area contributed by atoms with Crippen LogP contribution in [0.5, 0.6) is 0 Å². The van der Waals surface area contributed by atoms with E-state index in [9.17, 15) is 14.4 Å². The van der Waals surface area contributed by atoms with Crippen molar-refractivity contribution < 1.29 is 19.1 Å². The predicted molar refractivity (Wildman–Crippen MR) is 119 cm³/mol. The molecule has 0 bridgehead atoms. The van der Waals surface area contributed by atoms with Crippen LogP contribution in [0.4, 0.5) is 5.00 Å². The minimum absolute atomic E-state index is 0. The molecule has 0 radical (unpaired) electrons. The Morgan fingerprint density at radius 3 is 2.48 bits per heavy atom. The first-order valence-corrected chi connectivity index (χ1v) is 9.98. The summed E-state index contributed by atoms with van der Waals surface area (Å²) in [4.78, 5) is 38.7. The molecule has 11 heteroatoms. The molecule has 1 aliphatic rings. The van der Waals surface area contributed by atoms with E-state index in [-0.39, 0.29) is 60.4 Å². The zero-order chi connectivity index (χ0) is 20.1. The molecule has 2 rings (SSSR count). The van der Waals surface area contributed by atoms with Crippen LogP contribution in [0.2, 0.25) is 0 Å². The van der Waals surface area contributed by atoms with Crippen LogP contribution in [-0.2, 0) is 9.53 Å². The second-order valence-electron chi connectivity index (χ2n) is 6.75. The van der Waals surface area contributed by atoms with Crippen molar-refractivity contribution in [3.05, 3.63) is 16.0 Å². The van der Waals surface area contributed by atoms with Crippen molar-refractivity contribution >= 4 is 58.9 Å². The summed E-state index contributed by atoms with van der Waals surface area (Å²) in [6, 6.07) is 0.169. The van der Waals surface area contributed by atoms with Crippen molar-refractivity contribution in [1.29, 1.82) is 0 Å². The number of nitrogens with zero attached hydrogens (tertiary/aromatic N) is 1. The van der Waals surface area contributed by atoms with Gasteiger partial charge in [-0.1, -0.05) is 13.3 Å². The van der Waals surface area contributed by atoms with E-state index < -0.39 is 11.9 Å². The van der Waals surface area contributed by atoms with Crippen molar-refractivity contribution in [2.75, 3.05) is 31.6 Å². The number of rotatable bonds is 7. The molecule has 2 unspecified atom stereocenters. The molecule has 2 heterocycles. The van der Waals surface area contributed by atoms with E-state index in [0.29, 0.717) is 16.5 Å². The molecule has 1 aromatic heterocycles. The highest BCUT2D eigenvalue weighted by atomic mass is 35.5. The summed E-state index contributed by atoms with van der Waals surface area (Å²) in [6.45, 7) is 7.33. The molecule has 2 amide bonds. The first-order chi connectivity index (χ1) is 12.8. The van der Waals surface area contributed by atoms with Gasteiger partial charge in [0.1, 0.15) is 5.00 Å². The zero-order valence-electron chi connectivity index (χ0n) is 16.9. The number of hydrogen-bond acceptors (Lipinski definition) is 7. The fourth-order valence-corrected chi connectivity index (χ4v) is 4.42. The molecule has 1 fully saturated rings. The second kappa shape index (κ2) is 12.3. The highest BCUT2D eigenvalue weighted by Crippen LogP contribution is 2.33. The number of anilines is 1. The van der Waals surface area contributed by atoms with Crippen LogP contribution in [0, 0.1) is 12.8 Å². The van der Waals surface area contributed by atoms with Gasteiger partial charge < -0.3 is 21.5 Å². The molecule has 0 spiro atoms. The number of ether oxygens (including phenoxy) is 1. The summed E-state index contributed by atoms with van der Waals surface area (Å²) < 4.78 is 5.05. The maximum Gasteiger partial charge on any atom is 0.341 e. The van der Waals surface area contributed by atoms with Crippen LogP contribution in [0.15, 0.2) is 0 Å². The lowest BCUT2D eigenvalue weighted by Crippen LogP contribution is -2.48. The molecule has 29 heavy (non-hydrogen) atoms. The average molecular weight is 469 g/mol. The lowest BCUT2D eigenvalue weighted by Gasteiger charge is -2.36. The number of likely N-dealkylation sites (tertiary alicyclic amines) is 1. The fraction of sp³-hybridized carbons (Fsp3) is 0.611. The van der Waals surface area contributed by atoms with Gasteiger partial charge in [-0.2, -0.15) is 0 Å². The van der Waals surface area contributed by atoms with Crippen LogP contribution in [0.3, 0.4) is 0 Å². The van der Waals surface area contributed by atoms with Gasteiger partial charge in [-0.25, -0.2) is 4.79 Å². The quantitative estimate of drug-likeness (QED) is 0.525. The highest BCUT2D eigenvalue weighted by Gasteiger charge is 2.28. The summed E-state index contributed by atoms with van der Waals surface area (Å²) in [7, 11) is 0. The summed E-state index contributed by atoms with van der Waals surface area (Å²) in [5.74, 6) is -1.10. The number of thiophene rings is 1. The zero-order valence-corrected chi connectivity index (χ0v) is 19.3. The van der Waals surface area contributed by atoms with Gasteiger partial charge in [0.2, 0.25) is 5.91 Å². The van der Waals surface area contributed by atoms with E-state index in [1.165, 1.54) is 0 Å². The van der Waals surface area contributed by atoms with Crippen molar-refractivity contribution in [3.8, 4) is 0 Å². The molecule has 0 aromatic carbocycles. The average Bonchev–Trinajstić information content (AvgIpc) is 2.93. The van der Waals surface area contributed by atoms with E-state index in [4.69, 9.17) is 16.2 Å². The van der Waals surface area contributed by atoms with Gasteiger partial charge in [-0.3, -0.25) is 14.5 Å². The van der Waals surface area contributed by atoms with Gasteiger partial charge in [0.25, 0.3) is 5.91 Å². The lowest BCUT2D eigenvalue weighted by atomic mass is 9.91. The maximum atomic E-state index is 12.5. The molecule has 1 aliphatic heterocycles. The number of carbonyl (C=O) groups is 3. The Balaban J connectivity index is 0.00000392.